The number of halogens is 1. The molecule has 0 saturated heterocycles. The highest BCUT2D eigenvalue weighted by Gasteiger charge is 2.23. The summed E-state index contributed by atoms with van der Waals surface area (Å²) in [4.78, 5) is 8.61. The quantitative estimate of drug-likeness (QED) is 0.530. The van der Waals surface area contributed by atoms with Crippen molar-refractivity contribution in [1.82, 2.24) is 25.5 Å². The lowest BCUT2D eigenvalue weighted by molar-refractivity contribution is 0.161. The summed E-state index contributed by atoms with van der Waals surface area (Å²) in [6, 6.07) is 2.92. The molecule has 0 amide bonds. The molecule has 0 radical (unpaired) electrons. The Labute approximate surface area is 182 Å². The van der Waals surface area contributed by atoms with Crippen LogP contribution < -0.4 is 16.0 Å². The Morgan fingerprint density at radius 1 is 1.13 bits per heavy atom. The highest BCUT2D eigenvalue weighted by atomic mass is 19.1. The van der Waals surface area contributed by atoms with Crippen LogP contribution in [0.25, 0.3) is 11.3 Å². The molecule has 2 aliphatic carbocycles. The van der Waals surface area contributed by atoms with Crippen molar-refractivity contribution < 1.29 is 9.13 Å². The van der Waals surface area contributed by atoms with Crippen molar-refractivity contribution in [2.75, 3.05) is 30.9 Å². The second-order valence-electron chi connectivity index (χ2n) is 8.76. The van der Waals surface area contributed by atoms with Crippen LogP contribution in [0.2, 0.25) is 0 Å². The second kappa shape index (κ2) is 10.3. The molecule has 3 N–H and O–H groups in total. The van der Waals surface area contributed by atoms with E-state index in [1.54, 1.807) is 13.2 Å². The Balaban J connectivity index is 1.35. The number of anilines is 2. The molecule has 2 aromatic rings. The van der Waals surface area contributed by atoms with Crippen LogP contribution in [0.3, 0.4) is 0 Å². The smallest absolute Gasteiger partial charge is 0.223 e. The van der Waals surface area contributed by atoms with Crippen LogP contribution in [0.1, 0.15) is 45.4 Å². The minimum atomic E-state index is -0.466. The van der Waals surface area contributed by atoms with Crippen molar-refractivity contribution in [3.05, 3.63) is 24.3 Å². The first-order valence-electron chi connectivity index (χ1n) is 11.2. The van der Waals surface area contributed by atoms with E-state index >= 15 is 0 Å². The van der Waals surface area contributed by atoms with Crippen molar-refractivity contribution in [2.45, 2.75) is 63.6 Å². The lowest BCUT2D eigenvalue weighted by Gasteiger charge is -2.31. The number of rotatable bonds is 10. The Morgan fingerprint density at radius 3 is 2.65 bits per heavy atom. The molecule has 1 atom stereocenters. The van der Waals surface area contributed by atoms with Crippen LogP contribution in [-0.4, -0.2) is 58.6 Å². The summed E-state index contributed by atoms with van der Waals surface area (Å²) < 4.78 is 19.7. The first kappa shape index (κ1) is 21.8. The monoisotopic (exact) mass is 429 g/mol. The van der Waals surface area contributed by atoms with Gasteiger partial charge in [0, 0.05) is 37.3 Å². The Bertz CT molecular complexity index is 856. The van der Waals surface area contributed by atoms with Gasteiger partial charge in [0.25, 0.3) is 0 Å². The second-order valence-corrected chi connectivity index (χ2v) is 8.76. The van der Waals surface area contributed by atoms with Crippen molar-refractivity contribution in [1.29, 1.82) is 0 Å². The Morgan fingerprint density at radius 2 is 1.90 bits per heavy atom. The molecule has 0 aliphatic heterocycles. The number of ether oxygens (including phenoxy) is 1. The summed E-state index contributed by atoms with van der Waals surface area (Å²) in [5.74, 6) is 1.34. The van der Waals surface area contributed by atoms with Crippen molar-refractivity contribution >= 4 is 11.8 Å². The number of hydrogen-bond acceptors (Lipinski definition) is 8. The number of nitrogens with zero attached hydrogens (tertiary/aromatic N) is 4. The summed E-state index contributed by atoms with van der Waals surface area (Å²) >= 11 is 0. The molecule has 0 bridgehead atoms. The number of hydrogen-bond donors (Lipinski definition) is 3. The van der Waals surface area contributed by atoms with Crippen LogP contribution in [0.4, 0.5) is 16.2 Å². The Hall–Kier alpha value is -2.39. The summed E-state index contributed by atoms with van der Waals surface area (Å²) in [6.45, 7) is 3.73. The largest absolute Gasteiger partial charge is 0.383 e. The van der Waals surface area contributed by atoms with Crippen LogP contribution in [-0.2, 0) is 4.74 Å². The number of aromatic nitrogens is 4. The fourth-order valence-corrected chi connectivity index (χ4v) is 4.08. The van der Waals surface area contributed by atoms with E-state index in [4.69, 9.17) is 4.74 Å². The SMILES string of the molecule is COCC(C)NC1CCC(Nc2ncc(F)c(-c3cnnc(NCC4CC4)c3)n2)CC1. The van der Waals surface area contributed by atoms with E-state index < -0.39 is 5.82 Å². The highest BCUT2D eigenvalue weighted by Crippen LogP contribution is 2.29. The van der Waals surface area contributed by atoms with E-state index in [0.717, 1.165) is 32.2 Å². The topological polar surface area (TPSA) is 96.9 Å². The molecule has 4 rings (SSSR count). The van der Waals surface area contributed by atoms with Crippen molar-refractivity contribution in [2.24, 2.45) is 5.92 Å². The maximum Gasteiger partial charge on any atom is 0.223 e. The van der Waals surface area contributed by atoms with Gasteiger partial charge in [-0.1, -0.05) is 0 Å². The maximum atomic E-state index is 14.5. The van der Waals surface area contributed by atoms with Gasteiger partial charge in [-0.2, -0.15) is 5.10 Å². The van der Waals surface area contributed by atoms with Crippen molar-refractivity contribution in [3.63, 3.8) is 0 Å². The fraction of sp³-hybridized carbons (Fsp3) is 0.636. The Kier molecular flexibility index (Phi) is 7.24. The molecule has 1 unspecified atom stereocenters. The van der Waals surface area contributed by atoms with Gasteiger partial charge in [0.15, 0.2) is 5.82 Å². The molecular formula is C22H32FN7O. The predicted molar refractivity (Wildman–Crippen MR) is 118 cm³/mol. The molecule has 2 fully saturated rings. The summed E-state index contributed by atoms with van der Waals surface area (Å²) in [7, 11) is 1.73. The molecule has 8 nitrogen and oxygen atoms in total. The average molecular weight is 430 g/mol. The van der Waals surface area contributed by atoms with E-state index in [1.807, 2.05) is 0 Å². The van der Waals surface area contributed by atoms with Gasteiger partial charge in [-0.05, 0) is 57.4 Å². The van der Waals surface area contributed by atoms with Crippen molar-refractivity contribution in [3.8, 4) is 11.3 Å². The fourth-order valence-electron chi connectivity index (χ4n) is 4.08. The van der Waals surface area contributed by atoms with Crippen LogP contribution in [0, 0.1) is 11.7 Å². The van der Waals surface area contributed by atoms with Crippen LogP contribution >= 0.6 is 0 Å². The summed E-state index contributed by atoms with van der Waals surface area (Å²) in [6.07, 6.45) is 9.43. The zero-order valence-electron chi connectivity index (χ0n) is 18.3. The average Bonchev–Trinajstić information content (AvgIpc) is 3.60. The normalized spacial score (nSPS) is 22.2. The highest BCUT2D eigenvalue weighted by molar-refractivity contribution is 5.63. The summed E-state index contributed by atoms with van der Waals surface area (Å²) in [5, 5.41) is 18.4. The van der Waals surface area contributed by atoms with Gasteiger partial charge >= 0.3 is 0 Å². The third-order valence-corrected chi connectivity index (χ3v) is 5.94. The lowest BCUT2D eigenvalue weighted by atomic mass is 9.91. The molecule has 168 valence electrons. The minimum Gasteiger partial charge on any atom is -0.383 e. The molecule has 0 aromatic carbocycles. The van der Waals surface area contributed by atoms with Gasteiger partial charge in [-0.3, -0.25) is 0 Å². The zero-order chi connectivity index (χ0) is 21.6. The first-order valence-corrected chi connectivity index (χ1v) is 11.2. The van der Waals surface area contributed by atoms with Crippen LogP contribution in [0.15, 0.2) is 18.5 Å². The zero-order valence-corrected chi connectivity index (χ0v) is 18.3. The number of nitrogens with one attached hydrogen (secondary N) is 3. The van der Waals surface area contributed by atoms with E-state index in [-0.39, 0.29) is 11.7 Å². The molecule has 2 aliphatic rings. The third kappa shape index (κ3) is 6.30. The minimum absolute atomic E-state index is 0.241. The first-order chi connectivity index (χ1) is 15.1. The molecule has 2 aromatic heterocycles. The van der Waals surface area contributed by atoms with Gasteiger partial charge in [0.05, 0.1) is 19.0 Å². The standard InChI is InChI=1S/C22H32FN7O/c1-14(13-31-2)27-17-5-7-18(8-6-17)28-22-25-12-19(23)21(29-22)16-9-20(30-26-11-16)24-10-15-3-4-15/h9,11-12,14-15,17-18,27H,3-8,10,13H2,1-2H3,(H,24,30)(H,25,28,29). The van der Waals surface area contributed by atoms with Gasteiger partial charge < -0.3 is 20.7 Å². The van der Waals surface area contributed by atoms with Crippen LogP contribution in [0.5, 0.6) is 0 Å². The molecule has 0 spiro atoms. The molecular weight excluding hydrogens is 397 g/mol. The maximum absolute atomic E-state index is 14.5. The van der Waals surface area contributed by atoms with E-state index in [0.29, 0.717) is 41.9 Å². The molecule has 2 heterocycles. The number of methoxy groups -OCH3 is 1. The van der Waals surface area contributed by atoms with E-state index in [1.165, 1.54) is 25.2 Å². The predicted octanol–water partition coefficient (Wildman–Crippen LogP) is 3.24. The summed E-state index contributed by atoms with van der Waals surface area (Å²) in [5.41, 5.74) is 0.835. The third-order valence-electron chi connectivity index (χ3n) is 5.94. The van der Waals surface area contributed by atoms with Gasteiger partial charge in [-0.25, -0.2) is 14.4 Å². The van der Waals surface area contributed by atoms with Gasteiger partial charge in [0.1, 0.15) is 11.5 Å². The molecule has 2 saturated carbocycles. The molecule has 31 heavy (non-hydrogen) atoms. The molecule has 9 heteroatoms. The van der Waals surface area contributed by atoms with Gasteiger partial charge in [-0.15, -0.1) is 5.10 Å². The van der Waals surface area contributed by atoms with Gasteiger partial charge in [0.2, 0.25) is 5.95 Å². The van der Waals surface area contributed by atoms with E-state index in [9.17, 15) is 4.39 Å². The van der Waals surface area contributed by atoms with E-state index in [2.05, 4.69) is 43.0 Å². The lowest BCUT2D eigenvalue weighted by Crippen LogP contribution is -2.43.